The van der Waals surface area contributed by atoms with Crippen LogP contribution < -0.4 is 10.9 Å². The molecule has 0 saturated carbocycles. The average molecular weight is 299 g/mol. The number of carbonyl (C=O) groups is 1. The summed E-state index contributed by atoms with van der Waals surface area (Å²) in [7, 11) is 0. The molecule has 2 heterocycles. The second-order valence-corrected chi connectivity index (χ2v) is 4.63. The molecule has 0 aliphatic carbocycles. The molecule has 0 saturated heterocycles. The number of carboxylic acids is 1. The van der Waals surface area contributed by atoms with E-state index >= 15 is 0 Å². The van der Waals surface area contributed by atoms with Gasteiger partial charge in [0.25, 0.3) is 5.56 Å². The van der Waals surface area contributed by atoms with Gasteiger partial charge >= 0.3 is 5.97 Å². The molecule has 3 aromatic rings. The first-order valence-electron chi connectivity index (χ1n) is 6.65. The minimum absolute atomic E-state index is 0.0187. The third kappa shape index (κ3) is 2.41. The Kier molecular flexibility index (Phi) is 3.34. The third-order valence-corrected chi connectivity index (χ3v) is 3.12. The molecule has 112 valence electrons. The Hall–Kier alpha value is -3.16. The van der Waals surface area contributed by atoms with Crippen molar-refractivity contribution < 1.29 is 9.90 Å². The zero-order valence-corrected chi connectivity index (χ0v) is 11.7. The first kappa shape index (κ1) is 13.8. The van der Waals surface area contributed by atoms with E-state index in [2.05, 4.69) is 20.4 Å². The lowest BCUT2D eigenvalue weighted by Gasteiger charge is -2.06. The van der Waals surface area contributed by atoms with E-state index in [0.717, 1.165) is 12.2 Å². The van der Waals surface area contributed by atoms with Crippen LogP contribution in [0.25, 0.3) is 16.9 Å². The molecule has 0 amide bonds. The molecule has 0 spiro atoms. The van der Waals surface area contributed by atoms with Gasteiger partial charge in [0.15, 0.2) is 0 Å². The zero-order chi connectivity index (χ0) is 15.7. The quantitative estimate of drug-likeness (QED) is 0.668. The lowest BCUT2D eigenvalue weighted by atomic mass is 10.2. The van der Waals surface area contributed by atoms with E-state index in [0.29, 0.717) is 10.9 Å². The molecule has 0 aliphatic rings. The van der Waals surface area contributed by atoms with Crippen molar-refractivity contribution in [1.82, 2.24) is 19.7 Å². The second-order valence-electron chi connectivity index (χ2n) is 4.63. The van der Waals surface area contributed by atoms with Crippen molar-refractivity contribution in [3.63, 3.8) is 0 Å². The summed E-state index contributed by atoms with van der Waals surface area (Å²) in [6, 6.07) is 5.28. The van der Waals surface area contributed by atoms with Gasteiger partial charge in [-0.2, -0.15) is 5.10 Å². The van der Waals surface area contributed by atoms with Gasteiger partial charge in [-0.15, -0.1) is 0 Å². The molecule has 0 aliphatic heterocycles. The number of aromatic nitrogens is 4. The van der Waals surface area contributed by atoms with E-state index in [1.54, 1.807) is 12.1 Å². The highest BCUT2D eigenvalue weighted by molar-refractivity contribution is 5.87. The Morgan fingerprint density at radius 1 is 1.45 bits per heavy atom. The topological polar surface area (TPSA) is 113 Å². The molecular formula is C14H13N5O3. The number of nitrogens with one attached hydrogen (secondary N) is 2. The normalized spacial score (nSPS) is 10.8. The lowest BCUT2D eigenvalue weighted by molar-refractivity contribution is 0.0697. The highest BCUT2D eigenvalue weighted by Crippen LogP contribution is 2.15. The fourth-order valence-electron chi connectivity index (χ4n) is 2.10. The van der Waals surface area contributed by atoms with Gasteiger partial charge in [0.2, 0.25) is 5.95 Å². The maximum Gasteiger partial charge on any atom is 0.338 e. The largest absolute Gasteiger partial charge is 0.478 e. The minimum Gasteiger partial charge on any atom is -0.478 e. The molecule has 3 rings (SSSR count). The van der Waals surface area contributed by atoms with Gasteiger partial charge in [-0.05, 0) is 25.1 Å². The highest BCUT2D eigenvalue weighted by atomic mass is 16.4. The summed E-state index contributed by atoms with van der Waals surface area (Å²) in [6.45, 7) is 2.72. The molecule has 2 aromatic heterocycles. The number of nitrogens with zero attached hydrogens (tertiary/aromatic N) is 3. The maximum atomic E-state index is 12.2. The summed E-state index contributed by atoms with van der Waals surface area (Å²) in [5.74, 6) is -0.925. The second kappa shape index (κ2) is 5.32. The number of rotatable bonds is 4. The molecule has 22 heavy (non-hydrogen) atoms. The van der Waals surface area contributed by atoms with Crippen LogP contribution in [-0.2, 0) is 0 Å². The highest BCUT2D eigenvalue weighted by Gasteiger charge is 2.10. The van der Waals surface area contributed by atoms with E-state index in [1.165, 1.54) is 17.1 Å². The third-order valence-electron chi connectivity index (χ3n) is 3.12. The van der Waals surface area contributed by atoms with Crippen LogP contribution in [0.5, 0.6) is 0 Å². The molecule has 8 heteroatoms. The Morgan fingerprint density at radius 3 is 2.95 bits per heavy atom. The first-order chi connectivity index (χ1) is 10.6. The van der Waals surface area contributed by atoms with Crippen molar-refractivity contribution in [2.75, 3.05) is 11.9 Å². The van der Waals surface area contributed by atoms with Gasteiger partial charge in [-0.3, -0.25) is 9.78 Å². The number of carboxylic acid groups (broad SMARTS) is 1. The van der Waals surface area contributed by atoms with Crippen LogP contribution in [0.2, 0.25) is 0 Å². The van der Waals surface area contributed by atoms with E-state index < -0.39 is 5.97 Å². The monoisotopic (exact) mass is 299 g/mol. The Balaban J connectivity index is 2.10. The lowest BCUT2D eigenvalue weighted by Crippen LogP contribution is -2.14. The summed E-state index contributed by atoms with van der Waals surface area (Å²) in [6.07, 6.45) is 2.49. The summed E-state index contributed by atoms with van der Waals surface area (Å²) in [5.41, 5.74) is 1.05. The van der Waals surface area contributed by atoms with Crippen LogP contribution in [0.3, 0.4) is 0 Å². The summed E-state index contributed by atoms with van der Waals surface area (Å²) >= 11 is 0. The van der Waals surface area contributed by atoms with Crippen LogP contribution >= 0.6 is 0 Å². The molecule has 0 fully saturated rings. The number of fused-ring (bicyclic) bond motifs is 1. The number of aromatic amines is 1. The van der Waals surface area contributed by atoms with Crippen molar-refractivity contribution in [3.05, 3.63) is 46.5 Å². The van der Waals surface area contributed by atoms with E-state index in [4.69, 9.17) is 5.11 Å². The summed E-state index contributed by atoms with van der Waals surface area (Å²) < 4.78 is 1.22. The number of hydrogen-bond acceptors (Lipinski definition) is 5. The molecule has 0 unspecified atom stereocenters. The first-order valence-corrected chi connectivity index (χ1v) is 6.65. The van der Waals surface area contributed by atoms with Crippen molar-refractivity contribution in [3.8, 4) is 5.95 Å². The molecule has 8 nitrogen and oxygen atoms in total. The molecular weight excluding hydrogens is 286 g/mol. The zero-order valence-electron chi connectivity index (χ0n) is 11.7. The van der Waals surface area contributed by atoms with E-state index in [9.17, 15) is 9.59 Å². The molecule has 1 aromatic carbocycles. The van der Waals surface area contributed by atoms with Gasteiger partial charge in [0.1, 0.15) is 0 Å². The van der Waals surface area contributed by atoms with Crippen LogP contribution in [0.15, 0.2) is 35.4 Å². The van der Waals surface area contributed by atoms with E-state index in [-0.39, 0.29) is 17.1 Å². The van der Waals surface area contributed by atoms with Crippen LogP contribution in [0, 0.1) is 0 Å². The number of anilines is 1. The SMILES string of the molecule is CCNc1ccc2nc(-n3cc(C(=O)O)cn3)[nH]c(=O)c2c1. The predicted molar refractivity (Wildman–Crippen MR) is 80.6 cm³/mol. The van der Waals surface area contributed by atoms with Gasteiger partial charge in [-0.1, -0.05) is 0 Å². The number of H-pyrrole nitrogens is 1. The smallest absolute Gasteiger partial charge is 0.338 e. The molecule has 0 bridgehead atoms. The van der Waals surface area contributed by atoms with Crippen LogP contribution in [-0.4, -0.2) is 37.4 Å². The van der Waals surface area contributed by atoms with Gasteiger partial charge in [0.05, 0.1) is 22.7 Å². The van der Waals surface area contributed by atoms with Crippen LogP contribution in [0.4, 0.5) is 5.69 Å². The number of benzene rings is 1. The number of aromatic carboxylic acids is 1. The Morgan fingerprint density at radius 2 is 2.27 bits per heavy atom. The van der Waals surface area contributed by atoms with Gasteiger partial charge in [0, 0.05) is 18.4 Å². The summed E-state index contributed by atoms with van der Waals surface area (Å²) in [4.78, 5) is 30.0. The fraction of sp³-hybridized carbons (Fsp3) is 0.143. The summed E-state index contributed by atoms with van der Waals surface area (Å²) in [5, 5.41) is 16.4. The standard InChI is InChI=1S/C14H13N5O3/c1-2-15-9-3-4-11-10(5-9)12(20)18-14(17-11)19-7-8(6-16-19)13(21)22/h3-7,15H,2H2,1H3,(H,21,22)(H,17,18,20). The van der Waals surface area contributed by atoms with Crippen LogP contribution in [0.1, 0.15) is 17.3 Å². The molecule has 0 atom stereocenters. The van der Waals surface area contributed by atoms with E-state index in [1.807, 2.05) is 13.0 Å². The minimum atomic E-state index is -1.09. The molecule has 3 N–H and O–H groups in total. The maximum absolute atomic E-state index is 12.2. The fourth-order valence-corrected chi connectivity index (χ4v) is 2.10. The van der Waals surface area contributed by atoms with Gasteiger partial charge < -0.3 is 10.4 Å². The Labute approximate surface area is 124 Å². The number of hydrogen-bond donors (Lipinski definition) is 3. The van der Waals surface area contributed by atoms with Gasteiger partial charge in [-0.25, -0.2) is 14.5 Å². The van der Waals surface area contributed by atoms with Crippen molar-refractivity contribution >= 4 is 22.6 Å². The van der Waals surface area contributed by atoms with Crippen molar-refractivity contribution in [2.24, 2.45) is 0 Å². The molecule has 0 radical (unpaired) electrons. The predicted octanol–water partition coefficient (Wildman–Crippen LogP) is 1.24. The average Bonchev–Trinajstić information content (AvgIpc) is 2.98. The Bertz CT molecular complexity index is 912. The van der Waals surface area contributed by atoms with Crippen molar-refractivity contribution in [1.29, 1.82) is 0 Å². The van der Waals surface area contributed by atoms with Crippen molar-refractivity contribution in [2.45, 2.75) is 6.92 Å².